The van der Waals surface area contributed by atoms with Crippen LogP contribution in [0.1, 0.15) is 5.56 Å². The van der Waals surface area contributed by atoms with Crippen molar-refractivity contribution in [2.24, 2.45) is 5.10 Å². The summed E-state index contributed by atoms with van der Waals surface area (Å²) in [6, 6.07) is 21.5. The standard InChI is InChI=1S/C19H13N3OS/c23-19-16-11-17(15-9-5-2-6-10-15)24-18(16)20-13-22(19)21-12-14-7-3-1-4-8-14/h1-13H/b21-12+. The molecule has 0 aliphatic heterocycles. The lowest BCUT2D eigenvalue weighted by Gasteiger charge is -1.97. The van der Waals surface area contributed by atoms with Crippen LogP contribution in [0.3, 0.4) is 0 Å². The van der Waals surface area contributed by atoms with E-state index in [-0.39, 0.29) is 5.56 Å². The third kappa shape index (κ3) is 2.77. The van der Waals surface area contributed by atoms with E-state index in [1.165, 1.54) is 22.3 Å². The molecular weight excluding hydrogens is 318 g/mol. The molecule has 24 heavy (non-hydrogen) atoms. The minimum Gasteiger partial charge on any atom is -0.267 e. The van der Waals surface area contributed by atoms with Crippen LogP contribution in [0.15, 0.2) is 83.0 Å². The van der Waals surface area contributed by atoms with E-state index in [9.17, 15) is 4.79 Å². The fourth-order valence-corrected chi connectivity index (χ4v) is 3.40. The van der Waals surface area contributed by atoms with Crippen molar-refractivity contribution < 1.29 is 0 Å². The molecule has 0 bridgehead atoms. The lowest BCUT2D eigenvalue weighted by atomic mass is 10.2. The van der Waals surface area contributed by atoms with Crippen molar-refractivity contribution in [1.82, 2.24) is 9.66 Å². The Morgan fingerprint density at radius 2 is 1.71 bits per heavy atom. The van der Waals surface area contributed by atoms with Crippen molar-refractivity contribution >= 4 is 27.8 Å². The molecule has 116 valence electrons. The summed E-state index contributed by atoms with van der Waals surface area (Å²) in [5.74, 6) is 0. The molecule has 5 heteroatoms. The van der Waals surface area contributed by atoms with Gasteiger partial charge in [-0.25, -0.2) is 4.98 Å². The van der Waals surface area contributed by atoms with Crippen molar-refractivity contribution in [3.63, 3.8) is 0 Å². The topological polar surface area (TPSA) is 47.2 Å². The van der Waals surface area contributed by atoms with Crippen molar-refractivity contribution in [3.05, 3.63) is 89.0 Å². The van der Waals surface area contributed by atoms with Crippen molar-refractivity contribution in [3.8, 4) is 10.4 Å². The van der Waals surface area contributed by atoms with Gasteiger partial charge in [0.1, 0.15) is 11.2 Å². The summed E-state index contributed by atoms with van der Waals surface area (Å²) in [4.78, 5) is 18.7. The average Bonchev–Trinajstić information content (AvgIpc) is 3.08. The Kier molecular flexibility index (Phi) is 3.76. The first kappa shape index (κ1) is 14.5. The smallest absolute Gasteiger partial charge is 0.267 e. The highest BCUT2D eigenvalue weighted by Crippen LogP contribution is 2.30. The van der Waals surface area contributed by atoms with Gasteiger partial charge in [-0.15, -0.1) is 11.3 Å². The summed E-state index contributed by atoms with van der Waals surface area (Å²) in [5.41, 5.74) is 1.85. The molecule has 0 saturated heterocycles. The molecule has 4 rings (SSSR count). The van der Waals surface area contributed by atoms with Crippen LogP contribution in [0.4, 0.5) is 0 Å². The minimum atomic E-state index is -0.161. The van der Waals surface area contributed by atoms with E-state index in [0.717, 1.165) is 20.8 Å². The molecule has 2 aromatic heterocycles. The van der Waals surface area contributed by atoms with Gasteiger partial charge in [0, 0.05) is 4.88 Å². The third-order valence-corrected chi connectivity index (χ3v) is 4.72. The van der Waals surface area contributed by atoms with Gasteiger partial charge >= 0.3 is 0 Å². The SMILES string of the molecule is O=c1c2cc(-c3ccccc3)sc2ncn1/N=C/c1ccccc1. The number of aromatic nitrogens is 2. The van der Waals surface area contributed by atoms with Crippen LogP contribution < -0.4 is 5.56 Å². The van der Waals surface area contributed by atoms with Crippen LogP contribution >= 0.6 is 11.3 Å². The molecule has 0 aliphatic rings. The van der Waals surface area contributed by atoms with E-state index in [4.69, 9.17) is 0 Å². The molecule has 0 amide bonds. The first-order valence-corrected chi connectivity index (χ1v) is 8.29. The third-order valence-electron chi connectivity index (χ3n) is 3.62. The lowest BCUT2D eigenvalue weighted by molar-refractivity contribution is 0.819. The van der Waals surface area contributed by atoms with Crippen molar-refractivity contribution in [2.45, 2.75) is 0 Å². The Labute approximate surface area is 142 Å². The molecule has 0 N–H and O–H groups in total. The Hall–Kier alpha value is -3.05. The van der Waals surface area contributed by atoms with E-state index in [0.29, 0.717) is 5.39 Å². The van der Waals surface area contributed by atoms with Gasteiger partial charge in [0.15, 0.2) is 0 Å². The van der Waals surface area contributed by atoms with Crippen molar-refractivity contribution in [2.75, 3.05) is 0 Å². The van der Waals surface area contributed by atoms with Crippen LogP contribution in [-0.2, 0) is 0 Å². The van der Waals surface area contributed by atoms with E-state index in [2.05, 4.69) is 10.1 Å². The molecule has 4 aromatic rings. The molecular formula is C19H13N3OS. The molecule has 2 aromatic carbocycles. The average molecular weight is 331 g/mol. The predicted octanol–water partition coefficient (Wildman–Crippen LogP) is 4.01. The summed E-state index contributed by atoms with van der Waals surface area (Å²) in [7, 11) is 0. The molecule has 0 atom stereocenters. The van der Waals surface area contributed by atoms with E-state index < -0.39 is 0 Å². The zero-order valence-electron chi connectivity index (χ0n) is 12.7. The fourth-order valence-electron chi connectivity index (χ4n) is 2.41. The van der Waals surface area contributed by atoms with Gasteiger partial charge in [0.2, 0.25) is 0 Å². The Bertz CT molecular complexity index is 1070. The van der Waals surface area contributed by atoms with Crippen LogP contribution in [0.2, 0.25) is 0 Å². The molecule has 0 spiro atoms. The number of hydrogen-bond donors (Lipinski definition) is 0. The van der Waals surface area contributed by atoms with Crippen LogP contribution in [-0.4, -0.2) is 15.9 Å². The maximum absolute atomic E-state index is 12.6. The number of nitrogens with zero attached hydrogens (tertiary/aromatic N) is 3. The largest absolute Gasteiger partial charge is 0.282 e. The summed E-state index contributed by atoms with van der Waals surface area (Å²) in [5, 5.41) is 4.82. The minimum absolute atomic E-state index is 0.161. The lowest BCUT2D eigenvalue weighted by Crippen LogP contribution is -2.16. The highest BCUT2D eigenvalue weighted by atomic mass is 32.1. The predicted molar refractivity (Wildman–Crippen MR) is 98.8 cm³/mol. The van der Waals surface area contributed by atoms with Gasteiger partial charge in [-0.05, 0) is 17.2 Å². The summed E-state index contributed by atoms with van der Waals surface area (Å²) in [6.45, 7) is 0. The van der Waals surface area contributed by atoms with Crippen molar-refractivity contribution in [1.29, 1.82) is 0 Å². The maximum atomic E-state index is 12.6. The number of rotatable bonds is 3. The first-order valence-electron chi connectivity index (χ1n) is 7.47. The maximum Gasteiger partial charge on any atom is 0.282 e. The molecule has 0 unspecified atom stereocenters. The summed E-state index contributed by atoms with van der Waals surface area (Å²) >= 11 is 1.51. The zero-order valence-corrected chi connectivity index (χ0v) is 13.5. The van der Waals surface area contributed by atoms with E-state index >= 15 is 0 Å². The van der Waals surface area contributed by atoms with Gasteiger partial charge < -0.3 is 0 Å². The second kappa shape index (κ2) is 6.22. The molecule has 0 aliphatic carbocycles. The van der Waals surface area contributed by atoms with Gasteiger partial charge in [-0.2, -0.15) is 9.78 Å². The molecule has 2 heterocycles. The number of benzene rings is 2. The molecule has 0 radical (unpaired) electrons. The number of hydrogen-bond acceptors (Lipinski definition) is 4. The van der Waals surface area contributed by atoms with Gasteiger partial charge in [0.05, 0.1) is 11.6 Å². The first-order chi connectivity index (χ1) is 11.8. The van der Waals surface area contributed by atoms with E-state index in [1.54, 1.807) is 6.21 Å². The zero-order chi connectivity index (χ0) is 16.4. The van der Waals surface area contributed by atoms with Crippen LogP contribution in [0, 0.1) is 0 Å². The monoisotopic (exact) mass is 331 g/mol. The van der Waals surface area contributed by atoms with Gasteiger partial charge in [-0.1, -0.05) is 60.7 Å². The van der Waals surface area contributed by atoms with Gasteiger partial charge in [0.25, 0.3) is 5.56 Å². The second-order valence-electron chi connectivity index (χ2n) is 5.25. The fraction of sp³-hybridized carbons (Fsp3) is 0. The molecule has 0 saturated carbocycles. The van der Waals surface area contributed by atoms with E-state index in [1.807, 2.05) is 66.7 Å². The quantitative estimate of drug-likeness (QED) is 0.533. The highest BCUT2D eigenvalue weighted by molar-refractivity contribution is 7.21. The number of thiophene rings is 1. The summed E-state index contributed by atoms with van der Waals surface area (Å²) < 4.78 is 1.27. The Morgan fingerprint density at radius 3 is 2.46 bits per heavy atom. The Balaban J connectivity index is 1.76. The highest BCUT2D eigenvalue weighted by Gasteiger charge is 2.09. The summed E-state index contributed by atoms with van der Waals surface area (Å²) in [6.07, 6.45) is 3.12. The molecule has 0 fully saturated rings. The second-order valence-corrected chi connectivity index (χ2v) is 6.28. The Morgan fingerprint density at radius 1 is 1.00 bits per heavy atom. The van der Waals surface area contributed by atoms with Gasteiger partial charge in [-0.3, -0.25) is 4.79 Å². The van der Waals surface area contributed by atoms with Crippen LogP contribution in [0.25, 0.3) is 20.7 Å². The number of fused-ring (bicyclic) bond motifs is 1. The normalized spacial score (nSPS) is 11.3. The molecule has 4 nitrogen and oxygen atoms in total. The van der Waals surface area contributed by atoms with Crippen LogP contribution in [0.5, 0.6) is 0 Å².